The van der Waals surface area contributed by atoms with Crippen LogP contribution in [0.15, 0.2) is 48.5 Å². The fourth-order valence-electron chi connectivity index (χ4n) is 3.75. The number of nitrogens with one attached hydrogen (secondary N) is 2. The normalized spacial score (nSPS) is 15.1. The number of aliphatic hydroxyl groups excluding tert-OH is 1. The molecule has 32 heavy (non-hydrogen) atoms. The molecule has 3 atom stereocenters. The molecule has 0 unspecified atom stereocenters. The fourth-order valence-corrected chi connectivity index (χ4v) is 3.75. The van der Waals surface area contributed by atoms with Crippen molar-refractivity contribution in [1.82, 2.24) is 10.6 Å². The Morgan fingerprint density at radius 2 is 1.56 bits per heavy atom. The average Bonchev–Trinajstić information content (AvgIpc) is 3.12. The fraction of sp³-hybridized carbons (Fsp3) is 0.348. The van der Waals surface area contributed by atoms with Crippen LogP contribution in [0.25, 0.3) is 11.1 Å². The van der Waals surface area contributed by atoms with Crippen molar-refractivity contribution >= 4 is 18.0 Å². The van der Waals surface area contributed by atoms with Crippen LogP contribution in [-0.2, 0) is 19.1 Å². The summed E-state index contributed by atoms with van der Waals surface area (Å²) in [5.74, 6) is -2.36. The zero-order valence-corrected chi connectivity index (χ0v) is 17.8. The third-order valence-electron chi connectivity index (χ3n) is 5.54. The Labute approximate surface area is 185 Å². The molecule has 0 spiro atoms. The first kappa shape index (κ1) is 23.2. The van der Waals surface area contributed by atoms with E-state index >= 15 is 0 Å². The van der Waals surface area contributed by atoms with Crippen LogP contribution in [0.3, 0.4) is 0 Å². The first-order chi connectivity index (χ1) is 15.4. The number of aliphatic hydroxyl groups is 1. The molecule has 2 aromatic rings. The Morgan fingerprint density at radius 3 is 2.06 bits per heavy atom. The van der Waals surface area contributed by atoms with Crippen LogP contribution in [0.1, 0.15) is 24.0 Å². The number of carbonyl (C=O) groups is 3. The highest BCUT2D eigenvalue weighted by molar-refractivity contribution is 5.89. The average molecular weight is 442 g/mol. The summed E-state index contributed by atoms with van der Waals surface area (Å²) >= 11 is 0. The molecule has 4 N–H and O–H groups in total. The number of hydrogen-bond acceptors (Lipinski definition) is 6. The number of carboxylic acid groups (broad SMARTS) is 1. The van der Waals surface area contributed by atoms with Crippen molar-refractivity contribution in [1.29, 1.82) is 0 Å². The van der Waals surface area contributed by atoms with E-state index in [1.54, 1.807) is 6.92 Å². The molecule has 9 nitrogen and oxygen atoms in total. The number of amides is 2. The molecule has 0 bridgehead atoms. The monoisotopic (exact) mass is 442 g/mol. The summed E-state index contributed by atoms with van der Waals surface area (Å²) in [5, 5.41) is 22.8. The lowest BCUT2D eigenvalue weighted by Crippen LogP contribution is -2.57. The summed E-state index contributed by atoms with van der Waals surface area (Å²) in [6, 6.07) is 13.1. The lowest BCUT2D eigenvalue weighted by Gasteiger charge is -2.25. The van der Waals surface area contributed by atoms with Crippen LogP contribution in [0, 0.1) is 0 Å². The van der Waals surface area contributed by atoms with Gasteiger partial charge in [0, 0.05) is 13.0 Å². The number of aliphatic carboxylic acids is 1. The lowest BCUT2D eigenvalue weighted by molar-refractivity contribution is -0.143. The molecule has 0 saturated heterocycles. The van der Waals surface area contributed by atoms with E-state index in [4.69, 9.17) is 19.7 Å². The molecule has 0 aromatic heterocycles. The molecule has 3 rings (SSSR count). The lowest BCUT2D eigenvalue weighted by atomic mass is 9.98. The quantitative estimate of drug-likeness (QED) is 0.462. The SMILES string of the molecule is CO[C@H](C)[C@H](NC(=O)OCC1c2ccccc2-c2ccccc21)C(=O)N[C@H](CO)C(=O)O. The summed E-state index contributed by atoms with van der Waals surface area (Å²) in [4.78, 5) is 36.1. The van der Waals surface area contributed by atoms with Crippen LogP contribution in [0.5, 0.6) is 0 Å². The van der Waals surface area contributed by atoms with E-state index in [1.807, 2.05) is 48.5 Å². The second-order valence-corrected chi connectivity index (χ2v) is 7.47. The van der Waals surface area contributed by atoms with Gasteiger partial charge >= 0.3 is 12.1 Å². The molecule has 170 valence electrons. The highest BCUT2D eigenvalue weighted by Gasteiger charge is 2.32. The van der Waals surface area contributed by atoms with Crippen molar-refractivity contribution in [3.63, 3.8) is 0 Å². The molecule has 0 fully saturated rings. The highest BCUT2D eigenvalue weighted by Crippen LogP contribution is 2.44. The first-order valence-electron chi connectivity index (χ1n) is 10.2. The van der Waals surface area contributed by atoms with Gasteiger partial charge in [-0.3, -0.25) is 4.79 Å². The Balaban J connectivity index is 1.68. The molecule has 0 aliphatic heterocycles. The summed E-state index contributed by atoms with van der Waals surface area (Å²) < 4.78 is 10.6. The Hall–Kier alpha value is -3.43. The number of carbonyl (C=O) groups excluding carboxylic acids is 2. The van der Waals surface area contributed by atoms with Crippen LogP contribution >= 0.6 is 0 Å². The summed E-state index contributed by atoms with van der Waals surface area (Å²) in [6.07, 6.45) is -1.62. The van der Waals surface area contributed by atoms with E-state index in [2.05, 4.69) is 10.6 Å². The van der Waals surface area contributed by atoms with Gasteiger partial charge in [0.05, 0.1) is 12.7 Å². The van der Waals surface area contributed by atoms with E-state index in [0.717, 1.165) is 22.3 Å². The number of alkyl carbamates (subject to hydrolysis) is 1. The summed E-state index contributed by atoms with van der Waals surface area (Å²) in [6.45, 7) is 0.812. The van der Waals surface area contributed by atoms with E-state index < -0.39 is 42.8 Å². The topological polar surface area (TPSA) is 134 Å². The molecular weight excluding hydrogens is 416 g/mol. The zero-order chi connectivity index (χ0) is 23.3. The van der Waals surface area contributed by atoms with Gasteiger partial charge in [-0.25, -0.2) is 9.59 Å². The number of fused-ring (bicyclic) bond motifs is 3. The van der Waals surface area contributed by atoms with Crippen molar-refractivity contribution in [2.45, 2.75) is 31.0 Å². The van der Waals surface area contributed by atoms with Gasteiger partial charge in [-0.05, 0) is 29.2 Å². The highest BCUT2D eigenvalue weighted by atomic mass is 16.5. The summed E-state index contributed by atoms with van der Waals surface area (Å²) in [7, 11) is 1.35. The second kappa shape index (κ2) is 10.3. The van der Waals surface area contributed by atoms with Crippen LogP contribution in [0.2, 0.25) is 0 Å². The molecular formula is C23H26N2O7. The minimum Gasteiger partial charge on any atom is -0.480 e. The molecule has 2 aromatic carbocycles. The van der Waals surface area contributed by atoms with Gasteiger partial charge in [-0.15, -0.1) is 0 Å². The van der Waals surface area contributed by atoms with E-state index in [0.29, 0.717) is 0 Å². The largest absolute Gasteiger partial charge is 0.480 e. The Morgan fingerprint density at radius 1 is 1.00 bits per heavy atom. The molecule has 9 heteroatoms. The number of benzene rings is 2. The molecule has 0 radical (unpaired) electrons. The minimum absolute atomic E-state index is 0.0595. The molecule has 1 aliphatic rings. The molecule has 2 amide bonds. The molecule has 0 saturated carbocycles. The standard InChI is InChI=1S/C23H26N2O7/c1-13(31-2)20(21(27)24-19(11-26)22(28)29)25-23(30)32-12-18-16-9-5-3-7-14(16)15-8-4-6-10-17(15)18/h3-10,13,18-20,26H,11-12H2,1-2H3,(H,24,27)(H,25,30)(H,28,29)/t13-,19-,20+/m1/s1. The van der Waals surface area contributed by atoms with E-state index in [1.165, 1.54) is 7.11 Å². The number of ether oxygens (including phenoxy) is 2. The molecule has 1 aliphatic carbocycles. The number of methoxy groups -OCH3 is 1. The minimum atomic E-state index is -1.50. The third-order valence-corrected chi connectivity index (χ3v) is 5.54. The Kier molecular flexibility index (Phi) is 7.45. The Bertz CT molecular complexity index is 948. The predicted octanol–water partition coefficient (Wildman–Crippen LogP) is 1.49. The zero-order valence-electron chi connectivity index (χ0n) is 17.8. The van der Waals surface area contributed by atoms with Crippen LogP contribution in [0.4, 0.5) is 4.79 Å². The maximum absolute atomic E-state index is 12.5. The molecule has 0 heterocycles. The van der Waals surface area contributed by atoms with Crippen molar-refractivity contribution in [3.8, 4) is 11.1 Å². The van der Waals surface area contributed by atoms with E-state index in [9.17, 15) is 14.4 Å². The summed E-state index contributed by atoms with van der Waals surface area (Å²) in [5.41, 5.74) is 4.28. The van der Waals surface area contributed by atoms with Gasteiger partial charge in [-0.2, -0.15) is 0 Å². The van der Waals surface area contributed by atoms with Crippen molar-refractivity contribution in [3.05, 3.63) is 59.7 Å². The van der Waals surface area contributed by atoms with Crippen LogP contribution < -0.4 is 10.6 Å². The maximum Gasteiger partial charge on any atom is 0.407 e. The number of rotatable bonds is 9. The van der Waals surface area contributed by atoms with Crippen LogP contribution in [-0.4, -0.2) is 66.7 Å². The van der Waals surface area contributed by atoms with Gasteiger partial charge < -0.3 is 30.3 Å². The van der Waals surface area contributed by atoms with Crippen molar-refractivity contribution in [2.75, 3.05) is 20.3 Å². The number of hydrogen-bond donors (Lipinski definition) is 4. The van der Waals surface area contributed by atoms with Crippen molar-refractivity contribution in [2.24, 2.45) is 0 Å². The van der Waals surface area contributed by atoms with Crippen molar-refractivity contribution < 1.29 is 34.1 Å². The second-order valence-electron chi connectivity index (χ2n) is 7.47. The van der Waals surface area contributed by atoms with Gasteiger partial charge in [0.25, 0.3) is 0 Å². The van der Waals surface area contributed by atoms with Gasteiger partial charge in [0.2, 0.25) is 5.91 Å². The smallest absolute Gasteiger partial charge is 0.407 e. The predicted molar refractivity (Wildman–Crippen MR) is 115 cm³/mol. The van der Waals surface area contributed by atoms with Gasteiger partial charge in [0.15, 0.2) is 0 Å². The maximum atomic E-state index is 12.5. The van der Waals surface area contributed by atoms with E-state index in [-0.39, 0.29) is 12.5 Å². The number of carboxylic acids is 1. The van der Waals surface area contributed by atoms with Gasteiger partial charge in [-0.1, -0.05) is 48.5 Å². The third kappa shape index (κ3) is 4.90. The first-order valence-corrected chi connectivity index (χ1v) is 10.2. The van der Waals surface area contributed by atoms with Gasteiger partial charge in [0.1, 0.15) is 18.7 Å².